The van der Waals surface area contributed by atoms with E-state index in [1.54, 1.807) is 0 Å². The maximum Gasteiger partial charge on any atom is 0.456 e. The van der Waals surface area contributed by atoms with Gasteiger partial charge in [0, 0.05) is 11.6 Å². The van der Waals surface area contributed by atoms with E-state index in [1.807, 2.05) is 0 Å². The fraction of sp³-hybridized carbons (Fsp3) is 0.333. The molecule has 0 saturated heterocycles. The topological polar surface area (TPSA) is 89.4 Å². The second kappa shape index (κ2) is 7.25. The summed E-state index contributed by atoms with van der Waals surface area (Å²) in [5, 5.41) is 9.49. The lowest BCUT2D eigenvalue weighted by molar-refractivity contribution is -0.290. The van der Waals surface area contributed by atoms with Gasteiger partial charge in [-0.15, -0.1) is 0 Å². The summed E-state index contributed by atoms with van der Waals surface area (Å²) in [6.45, 7) is -0.528. The molecule has 0 fully saturated rings. The van der Waals surface area contributed by atoms with Crippen molar-refractivity contribution in [1.29, 1.82) is 0 Å². The summed E-state index contributed by atoms with van der Waals surface area (Å²) < 4.78 is 90.7. The van der Waals surface area contributed by atoms with Crippen molar-refractivity contribution in [3.05, 3.63) is 30.6 Å². The number of aromatic hydroxyl groups is 1. The molecule has 148 valence electrons. The van der Waals surface area contributed by atoms with Crippen LogP contribution in [-0.4, -0.2) is 48.0 Å². The smallest absolute Gasteiger partial charge is 0.456 e. The van der Waals surface area contributed by atoms with Crippen molar-refractivity contribution in [3.63, 3.8) is 0 Å². The van der Waals surface area contributed by atoms with Crippen LogP contribution in [0.15, 0.2) is 35.5 Å². The van der Waals surface area contributed by atoms with Gasteiger partial charge < -0.3 is 9.84 Å². The number of aromatic nitrogens is 2. The summed E-state index contributed by atoms with van der Waals surface area (Å²) in [6.07, 6.45) is -3.95. The van der Waals surface area contributed by atoms with Crippen molar-refractivity contribution in [2.24, 2.45) is 0 Å². The maximum absolute atomic E-state index is 12.9. The molecule has 0 aliphatic heterocycles. The Morgan fingerprint density at radius 2 is 1.78 bits per heavy atom. The van der Waals surface area contributed by atoms with Crippen LogP contribution in [0.4, 0.5) is 22.0 Å². The molecule has 0 bridgehead atoms. The summed E-state index contributed by atoms with van der Waals surface area (Å²) in [7, 11) is -3.72. The highest BCUT2D eigenvalue weighted by Crippen LogP contribution is 2.36. The summed E-state index contributed by atoms with van der Waals surface area (Å²) in [5.41, 5.74) is 0.0196. The molecule has 2 aromatic heterocycles. The van der Waals surface area contributed by atoms with Crippen LogP contribution in [0.25, 0.3) is 11.3 Å². The normalized spacial score (nSPS) is 12.8. The van der Waals surface area contributed by atoms with E-state index >= 15 is 0 Å². The summed E-state index contributed by atoms with van der Waals surface area (Å²) in [4.78, 5) is 7.10. The van der Waals surface area contributed by atoms with Gasteiger partial charge in [0.25, 0.3) is 0 Å². The molecule has 0 saturated carbocycles. The van der Waals surface area contributed by atoms with Crippen LogP contribution in [0.3, 0.4) is 0 Å². The first-order valence-corrected chi connectivity index (χ1v) is 8.98. The first kappa shape index (κ1) is 20.8. The van der Waals surface area contributed by atoms with Crippen LogP contribution in [-0.2, 0) is 9.84 Å². The minimum Gasteiger partial charge on any atom is -0.493 e. The van der Waals surface area contributed by atoms with Gasteiger partial charge in [-0.2, -0.15) is 22.0 Å². The van der Waals surface area contributed by atoms with Gasteiger partial charge in [-0.05, 0) is 12.1 Å². The van der Waals surface area contributed by atoms with Crippen LogP contribution in [0.2, 0.25) is 0 Å². The molecule has 0 aliphatic carbocycles. The third-order valence-electron chi connectivity index (χ3n) is 3.42. The lowest BCUT2D eigenvalue weighted by atomic mass is 10.2. The Morgan fingerprint density at radius 3 is 2.30 bits per heavy atom. The number of sulfone groups is 1. The molecule has 12 heteroatoms. The van der Waals surface area contributed by atoms with Crippen molar-refractivity contribution < 1.29 is 40.2 Å². The van der Waals surface area contributed by atoms with Gasteiger partial charge in [0.1, 0.15) is 5.75 Å². The predicted octanol–water partition coefficient (Wildman–Crippen LogP) is 3.22. The monoisotopic (exact) mass is 412 g/mol. The lowest BCUT2D eigenvalue weighted by Crippen LogP contribution is -2.41. The highest BCUT2D eigenvalue weighted by Gasteiger charge is 2.58. The minimum absolute atomic E-state index is 0.00322. The van der Waals surface area contributed by atoms with Crippen LogP contribution in [0, 0.1) is 0 Å². The Morgan fingerprint density at radius 1 is 1.11 bits per heavy atom. The molecule has 2 aromatic rings. The standard InChI is InChI=1S/C15H13F5N2O4S/c1-2-27(24,25)12-7-22-13(23)5-10(12)11-4-3-9(6-21-11)26-8-14(16,17)15(18,19)20/h3-7H,2,8H2,1H3,(H,22,23). The molecule has 0 aliphatic rings. The van der Waals surface area contributed by atoms with E-state index in [1.165, 1.54) is 6.92 Å². The lowest BCUT2D eigenvalue weighted by Gasteiger charge is -2.19. The number of hydrogen-bond acceptors (Lipinski definition) is 6. The fourth-order valence-corrected chi connectivity index (χ4v) is 2.94. The Balaban J connectivity index is 2.30. The van der Waals surface area contributed by atoms with E-state index in [2.05, 4.69) is 14.7 Å². The van der Waals surface area contributed by atoms with Crippen LogP contribution >= 0.6 is 0 Å². The van der Waals surface area contributed by atoms with Gasteiger partial charge >= 0.3 is 12.1 Å². The average Bonchev–Trinajstić information content (AvgIpc) is 2.59. The van der Waals surface area contributed by atoms with E-state index in [4.69, 9.17) is 0 Å². The summed E-state index contributed by atoms with van der Waals surface area (Å²) in [5.74, 6) is -6.14. The molecule has 0 spiro atoms. The average molecular weight is 412 g/mol. The number of pyridine rings is 2. The van der Waals surface area contributed by atoms with Crippen LogP contribution in [0.1, 0.15) is 6.92 Å². The SMILES string of the molecule is CCS(=O)(=O)c1cnc(O)cc1-c1ccc(OCC(F)(F)C(F)(F)F)cn1. The second-order valence-electron chi connectivity index (χ2n) is 5.31. The quantitative estimate of drug-likeness (QED) is 0.733. The number of rotatable bonds is 6. The Labute approximate surface area is 150 Å². The molecule has 0 aromatic carbocycles. The number of alkyl halides is 5. The largest absolute Gasteiger partial charge is 0.493 e. The molecule has 0 radical (unpaired) electrons. The molecule has 27 heavy (non-hydrogen) atoms. The van der Waals surface area contributed by atoms with Crippen molar-refractivity contribution in [2.75, 3.05) is 12.4 Å². The van der Waals surface area contributed by atoms with Gasteiger partial charge in [0.05, 0.1) is 28.7 Å². The van der Waals surface area contributed by atoms with E-state index in [0.717, 1.165) is 30.6 Å². The number of halogens is 5. The van der Waals surface area contributed by atoms with Crippen molar-refractivity contribution in [1.82, 2.24) is 9.97 Å². The number of hydrogen-bond donors (Lipinski definition) is 1. The first-order chi connectivity index (χ1) is 12.4. The zero-order valence-electron chi connectivity index (χ0n) is 13.7. The molecule has 6 nitrogen and oxygen atoms in total. The predicted molar refractivity (Wildman–Crippen MR) is 83.4 cm³/mol. The third-order valence-corrected chi connectivity index (χ3v) is 5.17. The minimum atomic E-state index is -5.75. The molecule has 2 rings (SSSR count). The maximum atomic E-state index is 12.9. The third kappa shape index (κ3) is 4.62. The molecule has 2 heterocycles. The molecule has 0 amide bonds. The summed E-state index contributed by atoms with van der Waals surface area (Å²) >= 11 is 0. The summed E-state index contributed by atoms with van der Waals surface area (Å²) in [6, 6.07) is 3.25. The number of nitrogens with zero attached hydrogens (tertiary/aromatic N) is 2. The van der Waals surface area contributed by atoms with E-state index in [0.29, 0.717) is 0 Å². The van der Waals surface area contributed by atoms with Gasteiger partial charge in [0.15, 0.2) is 16.4 Å². The van der Waals surface area contributed by atoms with Gasteiger partial charge in [0.2, 0.25) is 5.88 Å². The Hall–Kier alpha value is -2.50. The van der Waals surface area contributed by atoms with Crippen LogP contribution < -0.4 is 4.74 Å². The highest BCUT2D eigenvalue weighted by molar-refractivity contribution is 7.91. The zero-order chi connectivity index (χ0) is 20.5. The first-order valence-electron chi connectivity index (χ1n) is 7.33. The molecule has 1 N–H and O–H groups in total. The van der Waals surface area contributed by atoms with Crippen molar-refractivity contribution in [2.45, 2.75) is 23.9 Å². The van der Waals surface area contributed by atoms with Crippen molar-refractivity contribution >= 4 is 9.84 Å². The second-order valence-corrected chi connectivity index (χ2v) is 7.56. The fourth-order valence-electron chi connectivity index (χ4n) is 1.92. The van der Waals surface area contributed by atoms with Gasteiger partial charge in [-0.1, -0.05) is 6.92 Å². The van der Waals surface area contributed by atoms with Gasteiger partial charge in [-0.3, -0.25) is 4.98 Å². The van der Waals surface area contributed by atoms with E-state index in [-0.39, 0.29) is 27.7 Å². The molecular weight excluding hydrogens is 399 g/mol. The highest BCUT2D eigenvalue weighted by atomic mass is 32.2. The van der Waals surface area contributed by atoms with Crippen LogP contribution in [0.5, 0.6) is 11.6 Å². The molecule has 0 atom stereocenters. The van der Waals surface area contributed by atoms with E-state index in [9.17, 15) is 35.5 Å². The Kier molecular flexibility index (Phi) is 5.59. The molecule has 0 unspecified atom stereocenters. The van der Waals surface area contributed by atoms with Gasteiger partial charge in [-0.25, -0.2) is 13.4 Å². The molecular formula is C15H13F5N2O4S. The zero-order valence-corrected chi connectivity index (χ0v) is 14.5. The van der Waals surface area contributed by atoms with Crippen molar-refractivity contribution in [3.8, 4) is 22.9 Å². The van der Waals surface area contributed by atoms with E-state index < -0.39 is 34.4 Å². The number of ether oxygens (including phenoxy) is 1. The Bertz CT molecular complexity index is 915.